The quantitative estimate of drug-likeness (QED) is 0.209. The van der Waals surface area contributed by atoms with E-state index >= 15 is 0 Å². The van der Waals surface area contributed by atoms with Gasteiger partial charge in [-0.2, -0.15) is 0 Å². The van der Waals surface area contributed by atoms with Crippen LogP contribution in [-0.2, 0) is 4.79 Å². The number of hydrogen-bond donors (Lipinski definition) is 3. The van der Waals surface area contributed by atoms with Crippen LogP contribution in [0.4, 0.5) is 22.7 Å². The number of amides is 2. The molecule has 7 nitrogen and oxygen atoms in total. The molecule has 0 aliphatic carbocycles. The number of nitrogens with zero attached hydrogens (tertiary/aromatic N) is 2. The molecule has 42 heavy (non-hydrogen) atoms. The monoisotopic (exact) mass is 555 g/mol. The molecule has 6 rings (SSSR count). The van der Waals surface area contributed by atoms with Crippen molar-refractivity contribution in [3.05, 3.63) is 132 Å². The van der Waals surface area contributed by atoms with E-state index in [2.05, 4.69) is 38.6 Å². The standard InChI is InChI=1S/C35H33N5O2/c36-31-12-6-7-13-32(31)38-34(41)27-16-14-26(15-17-27)33(40-22-20-39(21-23-40)30-10-2-1-3-11-30)35(42)37-29-19-18-25-8-4-5-9-28(25)24-29/h1-19,24,33H,20-23,36H2,(H,37,42)(H,38,41). The lowest BCUT2D eigenvalue weighted by Gasteiger charge is -2.39. The molecule has 5 aromatic rings. The van der Waals surface area contributed by atoms with Gasteiger partial charge in [0.05, 0.1) is 11.4 Å². The summed E-state index contributed by atoms with van der Waals surface area (Å²) in [5.41, 5.74) is 10.3. The van der Waals surface area contributed by atoms with Gasteiger partial charge in [-0.25, -0.2) is 0 Å². The molecule has 1 unspecified atom stereocenters. The highest BCUT2D eigenvalue weighted by Gasteiger charge is 2.31. The Balaban J connectivity index is 1.23. The molecule has 1 atom stereocenters. The minimum absolute atomic E-state index is 0.104. The maximum Gasteiger partial charge on any atom is 0.255 e. The number of nitrogens with two attached hydrogens (primary N) is 1. The molecule has 2 amide bonds. The van der Waals surface area contributed by atoms with E-state index in [1.54, 1.807) is 24.3 Å². The van der Waals surface area contributed by atoms with Crippen molar-refractivity contribution in [3.8, 4) is 0 Å². The minimum atomic E-state index is -0.517. The summed E-state index contributed by atoms with van der Waals surface area (Å²) < 4.78 is 0. The lowest BCUT2D eigenvalue weighted by Crippen LogP contribution is -2.50. The molecular weight excluding hydrogens is 522 g/mol. The topological polar surface area (TPSA) is 90.7 Å². The van der Waals surface area contributed by atoms with Crippen molar-refractivity contribution in [1.82, 2.24) is 4.90 Å². The molecule has 4 N–H and O–H groups in total. The van der Waals surface area contributed by atoms with Gasteiger partial charge in [-0.15, -0.1) is 0 Å². The average Bonchev–Trinajstić information content (AvgIpc) is 3.03. The van der Waals surface area contributed by atoms with Crippen LogP contribution in [0.1, 0.15) is 22.0 Å². The summed E-state index contributed by atoms with van der Waals surface area (Å²) in [6.07, 6.45) is 0. The largest absolute Gasteiger partial charge is 0.397 e. The Labute approximate surface area is 245 Å². The van der Waals surface area contributed by atoms with Crippen molar-refractivity contribution in [3.63, 3.8) is 0 Å². The fourth-order valence-electron chi connectivity index (χ4n) is 5.50. The highest BCUT2D eigenvalue weighted by atomic mass is 16.2. The summed E-state index contributed by atoms with van der Waals surface area (Å²) in [4.78, 5) is 31.4. The zero-order chi connectivity index (χ0) is 28.9. The molecule has 0 saturated carbocycles. The number of benzene rings is 5. The maximum atomic E-state index is 13.9. The smallest absolute Gasteiger partial charge is 0.255 e. The minimum Gasteiger partial charge on any atom is -0.397 e. The van der Waals surface area contributed by atoms with E-state index < -0.39 is 6.04 Å². The van der Waals surface area contributed by atoms with E-state index in [0.717, 1.165) is 48.2 Å². The summed E-state index contributed by atoms with van der Waals surface area (Å²) in [5, 5.41) is 8.22. The number of carbonyl (C=O) groups is 2. The summed E-state index contributed by atoms with van der Waals surface area (Å²) in [5.74, 6) is -0.360. The highest BCUT2D eigenvalue weighted by molar-refractivity contribution is 6.06. The molecule has 1 fully saturated rings. The number of piperazine rings is 1. The third kappa shape index (κ3) is 5.96. The molecule has 1 heterocycles. The average molecular weight is 556 g/mol. The summed E-state index contributed by atoms with van der Waals surface area (Å²) in [7, 11) is 0. The number of carbonyl (C=O) groups excluding carboxylic acids is 2. The molecule has 0 radical (unpaired) electrons. The normalized spacial score (nSPS) is 14.3. The lowest BCUT2D eigenvalue weighted by atomic mass is 10.0. The van der Waals surface area contributed by atoms with Crippen molar-refractivity contribution < 1.29 is 9.59 Å². The second-order valence-electron chi connectivity index (χ2n) is 10.5. The molecule has 1 aliphatic rings. The number of anilines is 4. The van der Waals surface area contributed by atoms with E-state index in [1.165, 1.54) is 5.69 Å². The number of hydrogen-bond acceptors (Lipinski definition) is 5. The predicted octanol–water partition coefficient (Wildman–Crippen LogP) is 6.18. The van der Waals surface area contributed by atoms with Crippen LogP contribution in [0.25, 0.3) is 10.8 Å². The van der Waals surface area contributed by atoms with Crippen molar-refractivity contribution in [1.29, 1.82) is 0 Å². The Morgan fingerprint density at radius 2 is 1.33 bits per heavy atom. The SMILES string of the molecule is Nc1ccccc1NC(=O)c1ccc(C(C(=O)Nc2ccc3ccccc3c2)N2CCN(c3ccccc3)CC2)cc1. The van der Waals surface area contributed by atoms with E-state index in [4.69, 9.17) is 5.73 Å². The van der Waals surface area contributed by atoms with E-state index in [1.807, 2.05) is 78.9 Å². The van der Waals surface area contributed by atoms with Gasteiger partial charge in [0.15, 0.2) is 0 Å². The molecule has 1 saturated heterocycles. The van der Waals surface area contributed by atoms with E-state index in [0.29, 0.717) is 16.9 Å². The van der Waals surface area contributed by atoms with Gasteiger partial charge in [-0.3, -0.25) is 14.5 Å². The van der Waals surface area contributed by atoms with Gasteiger partial charge in [0.1, 0.15) is 6.04 Å². The van der Waals surface area contributed by atoms with Gasteiger partial charge >= 0.3 is 0 Å². The van der Waals surface area contributed by atoms with E-state index in [-0.39, 0.29) is 11.8 Å². The third-order valence-corrected chi connectivity index (χ3v) is 7.76. The number of nitrogens with one attached hydrogen (secondary N) is 2. The molecule has 0 bridgehead atoms. The van der Waals surface area contributed by atoms with Crippen molar-refractivity contribution >= 4 is 45.3 Å². The zero-order valence-corrected chi connectivity index (χ0v) is 23.2. The Bertz CT molecular complexity index is 1700. The highest BCUT2D eigenvalue weighted by Crippen LogP contribution is 2.28. The molecule has 7 heteroatoms. The summed E-state index contributed by atoms with van der Waals surface area (Å²) >= 11 is 0. The molecule has 0 spiro atoms. The van der Waals surface area contributed by atoms with Gasteiger partial charge in [-0.05, 0) is 64.9 Å². The first kappa shape index (κ1) is 27.1. The van der Waals surface area contributed by atoms with Crippen molar-refractivity contribution in [2.24, 2.45) is 0 Å². The van der Waals surface area contributed by atoms with Crippen LogP contribution in [0.2, 0.25) is 0 Å². The van der Waals surface area contributed by atoms with Crippen LogP contribution in [0.3, 0.4) is 0 Å². The Morgan fingerprint density at radius 1 is 0.667 bits per heavy atom. The molecular formula is C35H33N5O2. The number of rotatable bonds is 7. The van der Waals surface area contributed by atoms with Crippen molar-refractivity contribution in [2.45, 2.75) is 6.04 Å². The van der Waals surface area contributed by atoms with Gasteiger partial charge in [0, 0.05) is 43.1 Å². The first-order valence-electron chi connectivity index (χ1n) is 14.1. The molecule has 1 aliphatic heterocycles. The van der Waals surface area contributed by atoms with Crippen LogP contribution in [-0.4, -0.2) is 42.9 Å². The summed E-state index contributed by atoms with van der Waals surface area (Å²) in [6, 6.07) is 38.3. The first-order chi connectivity index (χ1) is 20.5. The molecule has 5 aromatic carbocycles. The van der Waals surface area contributed by atoms with Crippen molar-refractivity contribution in [2.75, 3.05) is 47.4 Å². The number of fused-ring (bicyclic) bond motifs is 1. The van der Waals surface area contributed by atoms with Crippen LogP contribution >= 0.6 is 0 Å². The Morgan fingerprint density at radius 3 is 2.07 bits per heavy atom. The second kappa shape index (κ2) is 12.2. The van der Waals surface area contributed by atoms with Crippen LogP contribution in [0.15, 0.2) is 121 Å². The fraction of sp³-hybridized carbons (Fsp3) is 0.143. The second-order valence-corrected chi connectivity index (χ2v) is 10.5. The lowest BCUT2D eigenvalue weighted by molar-refractivity contribution is -0.121. The predicted molar refractivity (Wildman–Crippen MR) is 171 cm³/mol. The van der Waals surface area contributed by atoms with Crippen LogP contribution in [0.5, 0.6) is 0 Å². The Kier molecular flexibility index (Phi) is 7.83. The van der Waals surface area contributed by atoms with E-state index in [9.17, 15) is 9.59 Å². The van der Waals surface area contributed by atoms with Crippen LogP contribution < -0.4 is 21.3 Å². The first-order valence-corrected chi connectivity index (χ1v) is 14.1. The van der Waals surface area contributed by atoms with Gasteiger partial charge in [-0.1, -0.05) is 72.8 Å². The number of nitrogen functional groups attached to an aromatic ring is 1. The molecule has 0 aromatic heterocycles. The van der Waals surface area contributed by atoms with Crippen LogP contribution in [0, 0.1) is 0 Å². The van der Waals surface area contributed by atoms with Gasteiger partial charge < -0.3 is 21.3 Å². The zero-order valence-electron chi connectivity index (χ0n) is 23.2. The van der Waals surface area contributed by atoms with Gasteiger partial charge in [0.25, 0.3) is 5.91 Å². The molecule has 210 valence electrons. The third-order valence-electron chi connectivity index (χ3n) is 7.76. The summed E-state index contributed by atoms with van der Waals surface area (Å²) in [6.45, 7) is 3.06. The van der Waals surface area contributed by atoms with Gasteiger partial charge in [0.2, 0.25) is 5.91 Å². The maximum absolute atomic E-state index is 13.9. The Hall–Kier alpha value is -5.14. The fourth-order valence-corrected chi connectivity index (χ4v) is 5.50. The number of para-hydroxylation sites is 3.